The van der Waals surface area contributed by atoms with Gasteiger partial charge in [-0.25, -0.2) is 4.79 Å². The molecule has 0 N–H and O–H groups in total. The van der Waals surface area contributed by atoms with E-state index in [9.17, 15) is 22.8 Å². The van der Waals surface area contributed by atoms with Crippen molar-refractivity contribution in [3.05, 3.63) is 69.4 Å². The van der Waals surface area contributed by atoms with Gasteiger partial charge in [-0.05, 0) is 73.8 Å². The van der Waals surface area contributed by atoms with E-state index in [2.05, 4.69) is 24.6 Å². The largest absolute Gasteiger partial charge is 0.416 e. The number of benzene rings is 1. The highest BCUT2D eigenvalue weighted by Crippen LogP contribution is 2.54. The number of carbonyl (C=O) groups is 1. The average Bonchev–Trinajstić information content (AvgIpc) is 3.80. The second-order valence-corrected chi connectivity index (χ2v) is 12.7. The fourth-order valence-electron chi connectivity index (χ4n) is 7.10. The van der Waals surface area contributed by atoms with E-state index in [1.807, 2.05) is 18.7 Å². The van der Waals surface area contributed by atoms with Crippen LogP contribution in [0.2, 0.25) is 0 Å². The lowest BCUT2D eigenvalue weighted by Crippen LogP contribution is -2.61. The summed E-state index contributed by atoms with van der Waals surface area (Å²) in [7, 11) is 1.62. The zero-order chi connectivity index (χ0) is 32.1. The first-order valence-electron chi connectivity index (χ1n) is 15.7. The van der Waals surface area contributed by atoms with E-state index >= 15 is 0 Å². The van der Waals surface area contributed by atoms with E-state index in [0.717, 1.165) is 25.0 Å². The van der Waals surface area contributed by atoms with Crippen LogP contribution in [0.3, 0.4) is 0 Å². The molecule has 2 saturated heterocycles. The van der Waals surface area contributed by atoms with E-state index < -0.39 is 23.5 Å². The Morgan fingerprint density at radius 3 is 2.24 bits per heavy atom. The number of alkyl halides is 3. The zero-order valence-electron chi connectivity index (χ0n) is 25.8. The molecule has 2 aliphatic heterocycles. The van der Waals surface area contributed by atoms with Crippen LogP contribution in [-0.4, -0.2) is 68.5 Å². The number of hydrogen-bond donors (Lipinski definition) is 0. The lowest BCUT2D eigenvalue weighted by Gasteiger charge is -2.50. The Balaban J connectivity index is 1.38. The molecule has 1 unspecified atom stereocenters. The van der Waals surface area contributed by atoms with Crippen molar-refractivity contribution in [2.24, 2.45) is 12.5 Å². The first-order valence-corrected chi connectivity index (χ1v) is 15.7. The average molecular weight is 622 g/mol. The van der Waals surface area contributed by atoms with Crippen molar-refractivity contribution >= 4 is 28.6 Å². The van der Waals surface area contributed by atoms with E-state index in [0.29, 0.717) is 66.9 Å². The molecule has 3 atom stereocenters. The minimum absolute atomic E-state index is 0.0764. The number of aromatic nitrogens is 3. The van der Waals surface area contributed by atoms with Crippen LogP contribution in [0.25, 0.3) is 15.9 Å². The van der Waals surface area contributed by atoms with E-state index in [1.165, 1.54) is 29.5 Å². The van der Waals surface area contributed by atoms with E-state index in [-0.39, 0.29) is 23.8 Å². The molecule has 0 bridgehead atoms. The third-order valence-electron chi connectivity index (χ3n) is 10.2. The molecule has 1 aromatic carbocycles. The number of halogens is 3. The summed E-state index contributed by atoms with van der Waals surface area (Å²) in [6.45, 7) is 13.7. The summed E-state index contributed by atoms with van der Waals surface area (Å²) < 4.78 is 41.9. The third-order valence-corrected chi connectivity index (χ3v) is 10.2. The van der Waals surface area contributed by atoms with Gasteiger partial charge in [0.05, 0.1) is 11.1 Å². The topological polar surface area (TPSA) is 78.9 Å². The fourth-order valence-corrected chi connectivity index (χ4v) is 7.10. The molecule has 3 aliphatic rings. The van der Waals surface area contributed by atoms with Gasteiger partial charge < -0.3 is 14.6 Å². The highest BCUT2D eigenvalue weighted by atomic mass is 19.4. The molecule has 1 spiro atoms. The molecule has 45 heavy (non-hydrogen) atoms. The lowest BCUT2D eigenvalue weighted by molar-refractivity contribution is -0.140. The SMILES string of the molecule is [C-]#[N+]c1ccc2c(n1)c(N1C[C@@H](CC)N(C(C(=O)N3CCC4(CC3)CC4)c3ccc(C(F)(F)F)cc3)C[C@@H]1CC)nc(=O)n2C. The number of anilines is 1. The second-order valence-electron chi connectivity index (χ2n) is 12.7. The monoisotopic (exact) mass is 621 g/mol. The number of piperidine rings is 1. The van der Waals surface area contributed by atoms with Gasteiger partial charge in [0.15, 0.2) is 5.82 Å². The van der Waals surface area contributed by atoms with Crippen LogP contribution in [0.5, 0.6) is 0 Å². The first-order chi connectivity index (χ1) is 21.5. The maximum atomic E-state index is 14.4. The van der Waals surface area contributed by atoms with Crippen LogP contribution < -0.4 is 10.6 Å². The van der Waals surface area contributed by atoms with Crippen LogP contribution in [-0.2, 0) is 18.0 Å². The molecule has 1 aliphatic carbocycles. The quantitative estimate of drug-likeness (QED) is 0.328. The Bertz CT molecular complexity index is 1680. The Morgan fingerprint density at radius 1 is 1.00 bits per heavy atom. The van der Waals surface area contributed by atoms with Gasteiger partial charge in [0.2, 0.25) is 11.4 Å². The number of fused-ring (bicyclic) bond motifs is 1. The third kappa shape index (κ3) is 5.78. The van der Waals surface area contributed by atoms with Crippen LogP contribution in [0.1, 0.15) is 69.5 Å². The van der Waals surface area contributed by atoms with E-state index in [1.54, 1.807) is 19.2 Å². The predicted octanol–water partition coefficient (Wildman–Crippen LogP) is 5.72. The molecule has 3 fully saturated rings. The Morgan fingerprint density at radius 2 is 1.67 bits per heavy atom. The van der Waals surface area contributed by atoms with Gasteiger partial charge in [-0.2, -0.15) is 18.2 Å². The molecule has 4 heterocycles. The highest BCUT2D eigenvalue weighted by molar-refractivity contribution is 5.88. The molecular formula is C33H38F3N7O2. The number of carbonyl (C=O) groups excluding carboxylic acids is 1. The molecule has 9 nitrogen and oxygen atoms in total. The van der Waals surface area contributed by atoms with Crippen LogP contribution in [0.4, 0.5) is 24.8 Å². The lowest BCUT2D eigenvalue weighted by atomic mass is 9.91. The van der Waals surface area contributed by atoms with Crippen LogP contribution >= 0.6 is 0 Å². The highest BCUT2D eigenvalue weighted by Gasteiger charge is 2.47. The first kappa shape index (κ1) is 31.0. The van der Waals surface area contributed by atoms with E-state index in [4.69, 9.17) is 6.57 Å². The number of rotatable bonds is 6. The van der Waals surface area contributed by atoms with Gasteiger partial charge in [0.25, 0.3) is 5.82 Å². The van der Waals surface area contributed by atoms with Crippen LogP contribution in [0.15, 0.2) is 41.2 Å². The summed E-state index contributed by atoms with van der Waals surface area (Å²) >= 11 is 0. The Kier molecular flexibility index (Phi) is 8.10. The van der Waals surface area contributed by atoms with Crippen molar-refractivity contribution in [2.45, 2.75) is 76.7 Å². The van der Waals surface area contributed by atoms with Gasteiger partial charge in [-0.3, -0.25) is 14.3 Å². The summed E-state index contributed by atoms with van der Waals surface area (Å²) in [5.41, 5.74) is 0.766. The fraction of sp³-hybridized carbons (Fsp3) is 0.545. The molecule has 6 rings (SSSR count). The standard InChI is InChI=1S/C33H38F3N7O2/c1-5-23-20-43(29-27-25(40(4)31(45)39-29)11-12-26(37-3)38-27)24(6-2)19-42(23)28(21-7-9-22(10-8-21)33(34,35)36)30(44)41-17-15-32(13-14-32)16-18-41/h7-12,23-24,28H,5-6,13-20H2,1-2,4H3/t23-,24+,28?/m1/s1. The number of hydrogen-bond acceptors (Lipinski definition) is 6. The van der Waals surface area contributed by atoms with Crippen molar-refractivity contribution in [3.63, 3.8) is 0 Å². The number of nitrogens with zero attached hydrogens (tertiary/aromatic N) is 7. The van der Waals surface area contributed by atoms with Crippen molar-refractivity contribution in [1.82, 2.24) is 24.3 Å². The van der Waals surface area contributed by atoms with Gasteiger partial charge in [0, 0.05) is 45.3 Å². The van der Waals surface area contributed by atoms with Crippen molar-refractivity contribution < 1.29 is 18.0 Å². The number of piperazine rings is 1. The minimum atomic E-state index is -4.47. The zero-order valence-corrected chi connectivity index (χ0v) is 25.8. The smallest absolute Gasteiger partial charge is 0.361 e. The Labute approximate surface area is 260 Å². The molecule has 1 amide bonds. The summed E-state index contributed by atoms with van der Waals surface area (Å²) in [6, 6.07) is 7.22. The molecule has 1 saturated carbocycles. The minimum Gasteiger partial charge on any atom is -0.361 e. The molecule has 2 aromatic heterocycles. The molecule has 12 heteroatoms. The van der Waals surface area contributed by atoms with Gasteiger partial charge >= 0.3 is 11.9 Å². The number of pyridine rings is 1. The predicted molar refractivity (Wildman–Crippen MR) is 165 cm³/mol. The number of likely N-dealkylation sites (tertiary alicyclic amines) is 1. The van der Waals surface area contributed by atoms with Crippen molar-refractivity contribution in [1.29, 1.82) is 0 Å². The molecule has 0 radical (unpaired) electrons. The molecule has 3 aromatic rings. The molecule has 238 valence electrons. The second kappa shape index (κ2) is 11.7. The Hall–Kier alpha value is -3.98. The summed E-state index contributed by atoms with van der Waals surface area (Å²) in [5.74, 6) is 0.532. The maximum absolute atomic E-state index is 14.4. The summed E-state index contributed by atoms with van der Waals surface area (Å²) in [4.78, 5) is 45.9. The van der Waals surface area contributed by atoms with Crippen molar-refractivity contribution in [3.8, 4) is 0 Å². The number of amides is 1. The van der Waals surface area contributed by atoms with Crippen LogP contribution in [0, 0.1) is 12.0 Å². The van der Waals surface area contributed by atoms with Gasteiger partial charge in [-0.1, -0.05) is 32.6 Å². The summed E-state index contributed by atoms with van der Waals surface area (Å²) in [6.07, 6.45) is 1.17. The maximum Gasteiger partial charge on any atom is 0.416 e. The normalized spacial score (nSPS) is 22.4. The van der Waals surface area contributed by atoms with Gasteiger partial charge in [-0.15, -0.1) is 4.98 Å². The molecular weight excluding hydrogens is 583 g/mol. The van der Waals surface area contributed by atoms with Gasteiger partial charge in [0.1, 0.15) is 6.04 Å². The number of aryl methyl sites for hydroxylation is 1. The summed E-state index contributed by atoms with van der Waals surface area (Å²) in [5, 5.41) is 0. The van der Waals surface area contributed by atoms with Crippen molar-refractivity contribution in [2.75, 3.05) is 31.1 Å².